The molecule has 1 amide bonds. The molecule has 2 aliphatic heterocycles. The predicted octanol–water partition coefficient (Wildman–Crippen LogP) is 2.03. The first-order chi connectivity index (χ1) is 12.1. The number of hydrogen-bond acceptors (Lipinski definition) is 5. The van der Waals surface area contributed by atoms with Gasteiger partial charge in [-0.05, 0) is 43.4 Å². The number of nitrogens with zero attached hydrogens (tertiary/aromatic N) is 2. The maximum Gasteiger partial charge on any atom is 0.231 e. The van der Waals surface area contributed by atoms with Gasteiger partial charge in [-0.3, -0.25) is 9.69 Å². The van der Waals surface area contributed by atoms with E-state index in [-0.39, 0.29) is 12.7 Å². The molecule has 0 bridgehead atoms. The fraction of sp³-hybridized carbons (Fsp3) is 0.579. The fourth-order valence-corrected chi connectivity index (χ4v) is 3.86. The standard InChI is InChI=1S/C19H26N2O4/c1-3-20(14(2)23)7-6-17-10-16(12-21(17)8-9-22)15-4-5-18-19(11-15)25-13-24-18/h4-5,9,11,16-17H,3,6-8,10,12-13H2,1-2H3/t16-,17?/m1/s1. The van der Waals surface area contributed by atoms with Gasteiger partial charge >= 0.3 is 0 Å². The second-order valence-corrected chi connectivity index (χ2v) is 6.71. The molecule has 136 valence electrons. The Hall–Kier alpha value is -2.08. The van der Waals surface area contributed by atoms with Crippen LogP contribution < -0.4 is 9.47 Å². The van der Waals surface area contributed by atoms with Gasteiger partial charge < -0.3 is 19.2 Å². The van der Waals surface area contributed by atoms with Gasteiger partial charge in [-0.1, -0.05) is 6.07 Å². The predicted molar refractivity (Wildman–Crippen MR) is 93.9 cm³/mol. The maximum atomic E-state index is 11.6. The first kappa shape index (κ1) is 17.7. The summed E-state index contributed by atoms with van der Waals surface area (Å²) < 4.78 is 10.9. The Morgan fingerprint density at radius 1 is 1.36 bits per heavy atom. The van der Waals surface area contributed by atoms with Crippen LogP contribution in [0.4, 0.5) is 0 Å². The van der Waals surface area contributed by atoms with Crippen LogP contribution >= 0.6 is 0 Å². The van der Waals surface area contributed by atoms with Crippen molar-refractivity contribution in [1.29, 1.82) is 0 Å². The van der Waals surface area contributed by atoms with Crippen LogP contribution in [0, 0.1) is 0 Å². The molecule has 6 heteroatoms. The summed E-state index contributed by atoms with van der Waals surface area (Å²) in [6.07, 6.45) is 2.85. The molecule has 1 aromatic rings. The molecule has 25 heavy (non-hydrogen) atoms. The zero-order chi connectivity index (χ0) is 17.8. The first-order valence-corrected chi connectivity index (χ1v) is 8.95. The van der Waals surface area contributed by atoms with Gasteiger partial charge in [0.15, 0.2) is 11.5 Å². The molecule has 2 heterocycles. The van der Waals surface area contributed by atoms with Crippen molar-refractivity contribution >= 4 is 12.2 Å². The number of hydrogen-bond donors (Lipinski definition) is 0. The van der Waals surface area contributed by atoms with Crippen molar-refractivity contribution in [3.63, 3.8) is 0 Å². The quantitative estimate of drug-likeness (QED) is 0.707. The molecule has 2 atom stereocenters. The molecule has 1 saturated heterocycles. The molecule has 0 saturated carbocycles. The van der Waals surface area contributed by atoms with Gasteiger partial charge in [-0.15, -0.1) is 0 Å². The van der Waals surface area contributed by atoms with Gasteiger partial charge in [0.05, 0.1) is 6.54 Å². The number of rotatable bonds is 7. The van der Waals surface area contributed by atoms with Crippen molar-refractivity contribution < 1.29 is 19.1 Å². The Morgan fingerprint density at radius 3 is 2.88 bits per heavy atom. The molecule has 0 aliphatic carbocycles. The lowest BCUT2D eigenvalue weighted by atomic mass is 9.95. The summed E-state index contributed by atoms with van der Waals surface area (Å²) in [6.45, 7) is 6.64. The number of benzene rings is 1. The van der Waals surface area contributed by atoms with E-state index in [0.717, 1.165) is 50.3 Å². The molecule has 0 radical (unpaired) electrons. The molecule has 3 rings (SSSR count). The lowest BCUT2D eigenvalue weighted by Crippen LogP contribution is -2.36. The number of carbonyl (C=O) groups is 2. The molecule has 0 aromatic heterocycles. The molecule has 6 nitrogen and oxygen atoms in total. The first-order valence-electron chi connectivity index (χ1n) is 8.95. The van der Waals surface area contributed by atoms with E-state index in [9.17, 15) is 9.59 Å². The number of fused-ring (bicyclic) bond motifs is 1. The fourth-order valence-electron chi connectivity index (χ4n) is 3.86. The van der Waals surface area contributed by atoms with Gasteiger partial charge in [0.1, 0.15) is 6.29 Å². The lowest BCUT2D eigenvalue weighted by molar-refractivity contribution is -0.128. The smallest absolute Gasteiger partial charge is 0.231 e. The van der Waals surface area contributed by atoms with Gasteiger partial charge in [-0.25, -0.2) is 0 Å². The molecule has 0 spiro atoms. The highest BCUT2D eigenvalue weighted by atomic mass is 16.7. The largest absolute Gasteiger partial charge is 0.454 e. The van der Waals surface area contributed by atoms with Crippen molar-refractivity contribution in [3.05, 3.63) is 23.8 Å². The van der Waals surface area contributed by atoms with E-state index in [4.69, 9.17) is 9.47 Å². The second kappa shape index (κ2) is 7.87. The number of ether oxygens (including phenoxy) is 2. The van der Waals surface area contributed by atoms with Crippen LogP contribution in [-0.2, 0) is 9.59 Å². The topological polar surface area (TPSA) is 59.1 Å². The highest BCUT2D eigenvalue weighted by molar-refractivity contribution is 5.73. The number of carbonyl (C=O) groups excluding carboxylic acids is 2. The van der Waals surface area contributed by atoms with Crippen molar-refractivity contribution in [3.8, 4) is 11.5 Å². The summed E-state index contributed by atoms with van der Waals surface area (Å²) >= 11 is 0. The SMILES string of the molecule is CCN(CCC1C[C@@H](c2ccc3c(c2)OCO3)CN1CC=O)C(C)=O. The number of likely N-dealkylation sites (tertiary alicyclic amines) is 1. The summed E-state index contributed by atoms with van der Waals surface area (Å²) in [5.74, 6) is 2.07. The Bertz CT molecular complexity index is 634. The number of amides is 1. The summed E-state index contributed by atoms with van der Waals surface area (Å²) in [5.41, 5.74) is 1.22. The zero-order valence-corrected chi connectivity index (χ0v) is 14.9. The third kappa shape index (κ3) is 3.95. The van der Waals surface area contributed by atoms with E-state index in [1.54, 1.807) is 6.92 Å². The second-order valence-electron chi connectivity index (χ2n) is 6.71. The average molecular weight is 346 g/mol. The van der Waals surface area contributed by atoms with E-state index < -0.39 is 0 Å². The third-order valence-corrected chi connectivity index (χ3v) is 5.26. The Balaban J connectivity index is 1.67. The molecule has 1 unspecified atom stereocenters. The number of aldehydes is 1. The zero-order valence-electron chi connectivity index (χ0n) is 14.9. The normalized spacial score (nSPS) is 22.2. The van der Waals surface area contributed by atoms with Crippen LogP contribution in [0.15, 0.2) is 18.2 Å². The van der Waals surface area contributed by atoms with Crippen LogP contribution in [0.3, 0.4) is 0 Å². The lowest BCUT2D eigenvalue weighted by Gasteiger charge is -2.25. The van der Waals surface area contributed by atoms with E-state index in [1.807, 2.05) is 17.9 Å². The molecule has 2 aliphatic rings. The molecule has 0 N–H and O–H groups in total. The van der Waals surface area contributed by atoms with Gasteiger partial charge in [0, 0.05) is 32.6 Å². The highest BCUT2D eigenvalue weighted by Crippen LogP contribution is 2.39. The summed E-state index contributed by atoms with van der Waals surface area (Å²) in [4.78, 5) is 26.8. The average Bonchev–Trinajstić information content (AvgIpc) is 3.21. The van der Waals surface area contributed by atoms with Crippen molar-refractivity contribution in [2.75, 3.05) is 33.0 Å². The Labute approximate surface area is 148 Å². The van der Waals surface area contributed by atoms with Gasteiger partial charge in [0.25, 0.3) is 0 Å². The van der Waals surface area contributed by atoms with Gasteiger partial charge in [0.2, 0.25) is 12.7 Å². The van der Waals surface area contributed by atoms with Gasteiger partial charge in [-0.2, -0.15) is 0 Å². The van der Waals surface area contributed by atoms with E-state index >= 15 is 0 Å². The Morgan fingerprint density at radius 2 is 2.16 bits per heavy atom. The minimum Gasteiger partial charge on any atom is -0.454 e. The Kier molecular flexibility index (Phi) is 5.58. The van der Waals surface area contributed by atoms with Crippen LogP contribution in [0.25, 0.3) is 0 Å². The molecule has 1 fully saturated rings. The van der Waals surface area contributed by atoms with E-state index in [0.29, 0.717) is 18.5 Å². The summed E-state index contributed by atoms with van der Waals surface area (Å²) in [6, 6.07) is 6.42. The maximum absolute atomic E-state index is 11.6. The minimum atomic E-state index is 0.106. The van der Waals surface area contributed by atoms with Crippen LogP contribution in [-0.4, -0.2) is 61.0 Å². The molecular formula is C19H26N2O4. The van der Waals surface area contributed by atoms with Crippen molar-refractivity contribution in [1.82, 2.24) is 9.80 Å². The summed E-state index contributed by atoms with van der Waals surface area (Å²) in [7, 11) is 0. The molecule has 1 aromatic carbocycles. The third-order valence-electron chi connectivity index (χ3n) is 5.26. The molecular weight excluding hydrogens is 320 g/mol. The van der Waals surface area contributed by atoms with Crippen LogP contribution in [0.5, 0.6) is 11.5 Å². The van der Waals surface area contributed by atoms with Crippen LogP contribution in [0.1, 0.15) is 38.2 Å². The monoisotopic (exact) mass is 346 g/mol. The summed E-state index contributed by atoms with van der Waals surface area (Å²) in [5, 5.41) is 0. The highest BCUT2D eigenvalue weighted by Gasteiger charge is 2.33. The van der Waals surface area contributed by atoms with Crippen molar-refractivity contribution in [2.24, 2.45) is 0 Å². The van der Waals surface area contributed by atoms with E-state index in [1.165, 1.54) is 5.56 Å². The minimum absolute atomic E-state index is 0.106. The van der Waals surface area contributed by atoms with Crippen molar-refractivity contribution in [2.45, 2.75) is 38.6 Å². The van der Waals surface area contributed by atoms with Crippen LogP contribution in [0.2, 0.25) is 0 Å². The van der Waals surface area contributed by atoms with E-state index in [2.05, 4.69) is 17.0 Å².